The van der Waals surface area contributed by atoms with Gasteiger partial charge in [0.2, 0.25) is 0 Å². The number of fused-ring (bicyclic) bond motifs is 1. The summed E-state index contributed by atoms with van der Waals surface area (Å²) in [5.74, 6) is -0.510. The van der Waals surface area contributed by atoms with Crippen molar-refractivity contribution in [1.29, 1.82) is 0 Å². The van der Waals surface area contributed by atoms with Crippen molar-refractivity contribution in [3.8, 4) is 0 Å². The number of aliphatic carboxylic acids is 1. The maximum Gasteiger partial charge on any atom is 0.334 e. The molecule has 14 heavy (non-hydrogen) atoms. The third-order valence-corrected chi connectivity index (χ3v) is 3.59. The molecule has 0 saturated heterocycles. The Balaban J connectivity index is 2.39. The summed E-state index contributed by atoms with van der Waals surface area (Å²) >= 11 is 0. The number of rotatable bonds is 1. The van der Waals surface area contributed by atoms with Crippen LogP contribution < -0.4 is 0 Å². The lowest BCUT2D eigenvalue weighted by Crippen LogP contribution is -2.42. The minimum absolute atomic E-state index is 0.161. The summed E-state index contributed by atoms with van der Waals surface area (Å²) < 4.78 is 0. The normalized spacial score (nSPS) is 41.7. The summed E-state index contributed by atoms with van der Waals surface area (Å²) in [4.78, 5) is 11.0. The second-order valence-electron chi connectivity index (χ2n) is 4.61. The van der Waals surface area contributed by atoms with Crippen LogP contribution in [0, 0.1) is 11.8 Å². The summed E-state index contributed by atoms with van der Waals surface area (Å²) in [5.41, 5.74) is -0.794. The zero-order valence-corrected chi connectivity index (χ0v) is 8.36. The van der Waals surface area contributed by atoms with Gasteiger partial charge in [0.05, 0.1) is 11.2 Å². The van der Waals surface area contributed by atoms with Crippen molar-refractivity contribution >= 4 is 5.97 Å². The van der Waals surface area contributed by atoms with E-state index in [-0.39, 0.29) is 17.4 Å². The molecule has 2 aliphatic carbocycles. The number of carbonyl (C=O) groups is 1. The van der Waals surface area contributed by atoms with Gasteiger partial charge in [0.15, 0.2) is 0 Å². The first-order valence-electron chi connectivity index (χ1n) is 5.22. The Labute approximate surface area is 83.4 Å². The van der Waals surface area contributed by atoms with Gasteiger partial charge in [-0.15, -0.1) is 0 Å². The van der Waals surface area contributed by atoms with Crippen LogP contribution in [0.15, 0.2) is 11.6 Å². The van der Waals surface area contributed by atoms with E-state index in [1.54, 1.807) is 6.08 Å². The highest BCUT2D eigenvalue weighted by atomic mass is 16.4. The molecule has 2 aliphatic rings. The van der Waals surface area contributed by atoms with Crippen LogP contribution in [0.5, 0.6) is 0 Å². The molecule has 1 fully saturated rings. The van der Waals surface area contributed by atoms with Crippen LogP contribution in [0.1, 0.15) is 32.6 Å². The average Bonchev–Trinajstić information content (AvgIpc) is 2.45. The first kappa shape index (κ1) is 9.71. The Hall–Kier alpha value is -0.830. The topological polar surface area (TPSA) is 57.5 Å². The first-order valence-corrected chi connectivity index (χ1v) is 5.22. The fraction of sp³-hybridized carbons (Fsp3) is 0.727. The molecule has 0 aliphatic heterocycles. The molecule has 0 aromatic rings. The molecular weight excluding hydrogens is 180 g/mol. The van der Waals surface area contributed by atoms with Crippen LogP contribution in [0.2, 0.25) is 0 Å². The Bertz CT molecular complexity index is 295. The molecule has 0 amide bonds. The van der Waals surface area contributed by atoms with E-state index < -0.39 is 11.6 Å². The van der Waals surface area contributed by atoms with Gasteiger partial charge < -0.3 is 10.2 Å². The lowest BCUT2D eigenvalue weighted by molar-refractivity contribution is -0.136. The van der Waals surface area contributed by atoms with E-state index in [0.29, 0.717) is 6.42 Å². The molecule has 1 saturated carbocycles. The van der Waals surface area contributed by atoms with Crippen molar-refractivity contribution in [2.24, 2.45) is 11.8 Å². The van der Waals surface area contributed by atoms with Gasteiger partial charge in [-0.25, -0.2) is 4.79 Å². The molecule has 3 nitrogen and oxygen atoms in total. The lowest BCUT2D eigenvalue weighted by atomic mass is 9.73. The smallest absolute Gasteiger partial charge is 0.334 e. The molecular formula is C11H16O3. The number of hydrogen-bond acceptors (Lipinski definition) is 2. The zero-order valence-electron chi connectivity index (χ0n) is 8.36. The molecule has 0 bridgehead atoms. The predicted octanol–water partition coefficient (Wildman–Crippen LogP) is 1.57. The van der Waals surface area contributed by atoms with Crippen molar-refractivity contribution in [3.63, 3.8) is 0 Å². The molecule has 0 aromatic heterocycles. The quantitative estimate of drug-likeness (QED) is 0.669. The minimum atomic E-state index is -1.03. The third-order valence-electron chi connectivity index (χ3n) is 3.59. The highest BCUT2D eigenvalue weighted by Crippen LogP contribution is 2.47. The Morgan fingerprint density at radius 3 is 3.00 bits per heavy atom. The summed E-state index contributed by atoms with van der Waals surface area (Å²) in [7, 11) is 0. The fourth-order valence-electron chi connectivity index (χ4n) is 2.93. The van der Waals surface area contributed by atoms with Gasteiger partial charge in [0.25, 0.3) is 0 Å². The zero-order chi connectivity index (χ0) is 10.3. The van der Waals surface area contributed by atoms with Gasteiger partial charge in [0, 0.05) is 0 Å². The third kappa shape index (κ3) is 1.27. The van der Waals surface area contributed by atoms with Gasteiger partial charge in [0.1, 0.15) is 0 Å². The number of carboxylic acid groups (broad SMARTS) is 1. The Kier molecular flexibility index (Phi) is 2.14. The molecule has 0 radical (unpaired) electrons. The van der Waals surface area contributed by atoms with Crippen molar-refractivity contribution in [2.75, 3.05) is 0 Å². The highest BCUT2D eigenvalue weighted by molar-refractivity contribution is 5.89. The summed E-state index contributed by atoms with van der Waals surface area (Å²) in [5, 5.41) is 19.3. The van der Waals surface area contributed by atoms with Gasteiger partial charge in [-0.05, 0) is 37.5 Å². The van der Waals surface area contributed by atoms with E-state index in [1.807, 2.05) is 6.92 Å². The molecule has 2 rings (SSSR count). The largest absolute Gasteiger partial charge is 0.478 e. The van der Waals surface area contributed by atoms with Crippen molar-refractivity contribution in [2.45, 2.75) is 38.2 Å². The molecule has 3 unspecified atom stereocenters. The van der Waals surface area contributed by atoms with Crippen LogP contribution in [0.4, 0.5) is 0 Å². The minimum Gasteiger partial charge on any atom is -0.478 e. The molecule has 2 N–H and O–H groups in total. The number of hydrogen-bond donors (Lipinski definition) is 2. The number of aliphatic hydroxyl groups is 1. The number of allylic oxidation sites excluding steroid dienone is 1. The van der Waals surface area contributed by atoms with E-state index >= 15 is 0 Å². The van der Waals surface area contributed by atoms with Crippen LogP contribution in [-0.4, -0.2) is 21.8 Å². The maximum atomic E-state index is 11.0. The maximum absolute atomic E-state index is 11.0. The van der Waals surface area contributed by atoms with Crippen LogP contribution in [0.3, 0.4) is 0 Å². The monoisotopic (exact) mass is 196 g/mol. The Morgan fingerprint density at radius 1 is 1.64 bits per heavy atom. The van der Waals surface area contributed by atoms with Crippen molar-refractivity contribution < 1.29 is 15.0 Å². The van der Waals surface area contributed by atoms with E-state index in [2.05, 4.69) is 0 Å². The van der Waals surface area contributed by atoms with E-state index in [4.69, 9.17) is 5.11 Å². The molecule has 0 aromatic carbocycles. The van der Waals surface area contributed by atoms with Gasteiger partial charge in [-0.2, -0.15) is 0 Å². The van der Waals surface area contributed by atoms with Crippen molar-refractivity contribution in [1.82, 2.24) is 0 Å². The Morgan fingerprint density at radius 2 is 2.36 bits per heavy atom. The van der Waals surface area contributed by atoms with Crippen LogP contribution in [0.25, 0.3) is 0 Å². The second-order valence-corrected chi connectivity index (χ2v) is 4.61. The molecule has 0 spiro atoms. The average molecular weight is 196 g/mol. The second kappa shape index (κ2) is 3.09. The SMILES string of the molecule is CC1C=C(C(=O)O)C2(O)CCCC2C1. The van der Waals surface area contributed by atoms with E-state index in [1.165, 1.54) is 0 Å². The summed E-state index contributed by atoms with van der Waals surface area (Å²) in [6.07, 6.45) is 5.17. The molecule has 3 heteroatoms. The van der Waals surface area contributed by atoms with Crippen LogP contribution >= 0.6 is 0 Å². The summed E-state index contributed by atoms with van der Waals surface area (Å²) in [6.45, 7) is 2.01. The standard InChI is InChI=1S/C11H16O3/c1-7-5-8-3-2-4-11(8,14)9(6-7)10(12)13/h6-8,14H,2-5H2,1H3,(H,12,13). The van der Waals surface area contributed by atoms with Gasteiger partial charge in [-0.3, -0.25) is 0 Å². The highest BCUT2D eigenvalue weighted by Gasteiger charge is 2.49. The van der Waals surface area contributed by atoms with E-state index in [0.717, 1.165) is 19.3 Å². The lowest BCUT2D eigenvalue weighted by Gasteiger charge is -2.36. The van der Waals surface area contributed by atoms with E-state index in [9.17, 15) is 9.90 Å². The summed E-state index contributed by atoms with van der Waals surface area (Å²) in [6, 6.07) is 0. The fourth-order valence-corrected chi connectivity index (χ4v) is 2.93. The number of carboxylic acids is 1. The molecule has 3 atom stereocenters. The molecule has 0 heterocycles. The van der Waals surface area contributed by atoms with Gasteiger partial charge >= 0.3 is 5.97 Å². The van der Waals surface area contributed by atoms with Gasteiger partial charge in [-0.1, -0.05) is 13.0 Å². The van der Waals surface area contributed by atoms with Crippen molar-refractivity contribution in [3.05, 3.63) is 11.6 Å². The predicted molar refractivity (Wildman–Crippen MR) is 51.8 cm³/mol. The molecule has 78 valence electrons. The van der Waals surface area contributed by atoms with Crippen LogP contribution in [-0.2, 0) is 4.79 Å². The first-order chi connectivity index (χ1) is 6.54.